The lowest BCUT2D eigenvalue weighted by Gasteiger charge is -2.45. The fraction of sp³-hybridized carbons (Fsp3) is 0.435. The minimum atomic E-state index is -0.325. The van der Waals surface area contributed by atoms with Gasteiger partial charge in [-0.1, -0.05) is 54.6 Å². The number of hydrogen-bond acceptors (Lipinski definition) is 3. The van der Waals surface area contributed by atoms with E-state index in [4.69, 9.17) is 9.47 Å². The van der Waals surface area contributed by atoms with E-state index in [2.05, 4.69) is 37.6 Å². The van der Waals surface area contributed by atoms with Crippen LogP contribution < -0.4 is 5.32 Å². The van der Waals surface area contributed by atoms with Gasteiger partial charge >= 0.3 is 6.09 Å². The molecular weight excluding hydrogens is 352 g/mol. The van der Waals surface area contributed by atoms with E-state index in [1.54, 1.807) is 0 Å². The molecule has 3 fully saturated rings. The first-order chi connectivity index (χ1) is 13.5. The monoisotopic (exact) mass is 379 g/mol. The molecule has 2 bridgehead atoms. The van der Waals surface area contributed by atoms with Crippen LogP contribution in [-0.4, -0.2) is 55.1 Å². The molecule has 0 radical (unpaired) electrons. The first kappa shape index (κ1) is 17.7. The first-order valence-electron chi connectivity index (χ1n) is 10.1. The lowest BCUT2D eigenvalue weighted by atomic mass is 9.96. The predicted octanol–water partition coefficient (Wildman–Crippen LogP) is 3.34. The van der Waals surface area contributed by atoms with Crippen molar-refractivity contribution in [3.8, 4) is 11.1 Å². The average molecular weight is 379 g/mol. The second-order valence-corrected chi connectivity index (χ2v) is 8.70. The fourth-order valence-corrected chi connectivity index (χ4v) is 5.24. The molecule has 5 nitrogen and oxygen atoms in total. The summed E-state index contributed by atoms with van der Waals surface area (Å²) in [5, 5.41) is 2.95. The molecule has 1 amide bonds. The summed E-state index contributed by atoms with van der Waals surface area (Å²) in [4.78, 5) is 12.5. The Labute approximate surface area is 165 Å². The smallest absolute Gasteiger partial charge is 0.407 e. The molecule has 0 aliphatic carbocycles. The highest BCUT2D eigenvalue weighted by molar-refractivity contribution is 5.70. The van der Waals surface area contributed by atoms with Crippen LogP contribution in [0.2, 0.25) is 0 Å². The van der Waals surface area contributed by atoms with Crippen molar-refractivity contribution in [2.45, 2.75) is 49.8 Å². The fourth-order valence-electron chi connectivity index (χ4n) is 5.24. The molecule has 5 rings (SSSR count). The number of nitrogens with zero attached hydrogens (tertiary/aromatic N) is 1. The van der Waals surface area contributed by atoms with Crippen molar-refractivity contribution in [1.29, 1.82) is 0 Å². The number of quaternary nitrogens is 1. The number of rotatable bonds is 4. The Morgan fingerprint density at radius 3 is 2.39 bits per heavy atom. The van der Waals surface area contributed by atoms with Crippen LogP contribution in [0.25, 0.3) is 11.1 Å². The summed E-state index contributed by atoms with van der Waals surface area (Å²) in [6.07, 6.45) is 2.18. The zero-order chi connectivity index (χ0) is 19.3. The van der Waals surface area contributed by atoms with Crippen molar-refractivity contribution in [2.24, 2.45) is 0 Å². The second kappa shape index (κ2) is 6.61. The lowest BCUT2D eigenvalue weighted by Crippen LogP contribution is -2.60. The number of benzene rings is 2. The Balaban J connectivity index is 1.21. The van der Waals surface area contributed by atoms with Gasteiger partial charge in [0.2, 0.25) is 0 Å². The number of carbonyl (C=O) groups excluding carboxylic acids is 1. The van der Waals surface area contributed by atoms with Crippen LogP contribution in [0.4, 0.5) is 4.79 Å². The van der Waals surface area contributed by atoms with Gasteiger partial charge in [0.05, 0.1) is 14.1 Å². The third-order valence-electron chi connectivity index (χ3n) is 6.84. The van der Waals surface area contributed by atoms with Gasteiger partial charge in [0.25, 0.3) is 0 Å². The summed E-state index contributed by atoms with van der Waals surface area (Å²) in [6, 6.07) is 19.3. The summed E-state index contributed by atoms with van der Waals surface area (Å²) < 4.78 is 12.6. The normalized spacial score (nSPS) is 31.7. The third-order valence-corrected chi connectivity index (χ3v) is 6.84. The average Bonchev–Trinajstić information content (AvgIpc) is 3.46. The highest BCUT2D eigenvalue weighted by Crippen LogP contribution is 2.51. The molecule has 1 N–H and O–H groups in total. The largest absolute Gasteiger partial charge is 0.446 e. The molecular formula is C23H27N2O3+. The van der Waals surface area contributed by atoms with Crippen LogP contribution >= 0.6 is 0 Å². The van der Waals surface area contributed by atoms with Gasteiger partial charge in [-0.25, -0.2) is 4.79 Å². The van der Waals surface area contributed by atoms with Gasteiger partial charge in [0, 0.05) is 19.4 Å². The topological polar surface area (TPSA) is 50.9 Å². The summed E-state index contributed by atoms with van der Waals surface area (Å²) in [5.74, 6) is 0. The Kier molecular flexibility index (Phi) is 4.18. The van der Waals surface area contributed by atoms with Gasteiger partial charge < -0.3 is 19.3 Å². The van der Waals surface area contributed by atoms with Crippen LogP contribution in [0.5, 0.6) is 0 Å². The van der Waals surface area contributed by atoms with Crippen LogP contribution in [0.15, 0.2) is 54.6 Å². The molecule has 0 spiro atoms. The van der Waals surface area contributed by atoms with Gasteiger partial charge in [0.15, 0.2) is 0 Å². The van der Waals surface area contributed by atoms with Gasteiger partial charge in [-0.05, 0) is 16.7 Å². The quantitative estimate of drug-likeness (QED) is 0.655. The van der Waals surface area contributed by atoms with Gasteiger partial charge in [-0.3, -0.25) is 0 Å². The number of ether oxygens (including phenoxy) is 2. The highest BCUT2D eigenvalue weighted by Gasteiger charge is 2.70. The van der Waals surface area contributed by atoms with E-state index < -0.39 is 0 Å². The number of morpholine rings is 1. The van der Waals surface area contributed by atoms with E-state index in [1.807, 2.05) is 36.4 Å². The second-order valence-electron chi connectivity index (χ2n) is 8.70. The maximum Gasteiger partial charge on any atom is 0.407 e. The number of carbonyl (C=O) groups is 1. The molecule has 2 aromatic rings. The van der Waals surface area contributed by atoms with Crippen LogP contribution in [-0.2, 0) is 16.0 Å². The Morgan fingerprint density at radius 1 is 1.04 bits per heavy atom. The van der Waals surface area contributed by atoms with E-state index in [-0.39, 0.29) is 12.2 Å². The standard InChI is InChI=1S/C23H26N2O3/c1-25(2)19-12-17(13-20(25)22-21(19)28-22)27-23(26)24-14-16-10-6-7-11-18(16)15-8-4-3-5-9-15/h3-11,17,19-22H,12-14H2,1-2H3/p+1/t17?,19-,20+,21?,22?. The minimum Gasteiger partial charge on any atom is -0.446 e. The molecule has 3 aliphatic rings. The Bertz CT molecular complexity index is 862. The number of epoxide rings is 1. The minimum absolute atomic E-state index is 0.0121. The number of amides is 1. The van der Waals surface area contributed by atoms with Crippen molar-refractivity contribution in [3.05, 3.63) is 60.2 Å². The zero-order valence-electron chi connectivity index (χ0n) is 16.4. The molecule has 146 valence electrons. The number of likely N-dealkylation sites (N-methyl/N-ethyl adjacent to an activating group) is 1. The zero-order valence-corrected chi connectivity index (χ0v) is 16.4. The third kappa shape index (κ3) is 2.99. The van der Waals surface area contributed by atoms with E-state index >= 15 is 0 Å². The van der Waals surface area contributed by atoms with E-state index in [1.165, 1.54) is 0 Å². The molecule has 3 unspecified atom stereocenters. The molecule has 3 aliphatic heterocycles. The summed E-state index contributed by atoms with van der Waals surface area (Å²) in [5.41, 5.74) is 3.37. The summed E-state index contributed by atoms with van der Waals surface area (Å²) in [6.45, 7) is 0.458. The van der Waals surface area contributed by atoms with Crippen molar-refractivity contribution >= 4 is 6.09 Å². The van der Waals surface area contributed by atoms with Crippen molar-refractivity contribution in [2.75, 3.05) is 14.1 Å². The molecule has 0 saturated carbocycles. The number of nitrogens with one attached hydrogen (secondary N) is 1. The van der Waals surface area contributed by atoms with E-state index in [0.29, 0.717) is 30.8 Å². The number of alkyl carbamates (subject to hydrolysis) is 1. The van der Waals surface area contributed by atoms with Crippen molar-refractivity contribution in [1.82, 2.24) is 5.32 Å². The number of hydrogen-bond donors (Lipinski definition) is 1. The predicted molar refractivity (Wildman–Crippen MR) is 107 cm³/mol. The van der Waals surface area contributed by atoms with Crippen LogP contribution in [0, 0.1) is 0 Å². The van der Waals surface area contributed by atoms with Crippen LogP contribution in [0.3, 0.4) is 0 Å². The number of fused-ring (bicyclic) bond motifs is 5. The highest BCUT2D eigenvalue weighted by atomic mass is 16.6. The molecule has 0 aromatic heterocycles. The molecule has 2 aromatic carbocycles. The maximum absolute atomic E-state index is 12.5. The Morgan fingerprint density at radius 2 is 1.68 bits per heavy atom. The molecule has 3 heterocycles. The molecule has 5 heteroatoms. The Hall–Kier alpha value is -2.37. The SMILES string of the molecule is C[N+]1(C)[C@@H]2CC(OC(=O)NCc3ccccc3-c3ccccc3)C[C@H]1C1OC12. The number of piperidine rings is 1. The maximum atomic E-state index is 12.5. The molecule has 3 saturated heterocycles. The van der Waals surface area contributed by atoms with Gasteiger partial charge in [-0.15, -0.1) is 0 Å². The van der Waals surface area contributed by atoms with E-state index in [9.17, 15) is 4.79 Å². The van der Waals surface area contributed by atoms with Gasteiger partial charge in [-0.2, -0.15) is 0 Å². The first-order valence-corrected chi connectivity index (χ1v) is 10.1. The summed E-state index contributed by atoms with van der Waals surface area (Å²) in [7, 11) is 4.56. The van der Waals surface area contributed by atoms with Crippen molar-refractivity contribution in [3.63, 3.8) is 0 Å². The van der Waals surface area contributed by atoms with Gasteiger partial charge in [0.1, 0.15) is 30.4 Å². The molecule has 28 heavy (non-hydrogen) atoms. The van der Waals surface area contributed by atoms with E-state index in [0.717, 1.165) is 34.0 Å². The van der Waals surface area contributed by atoms with Crippen molar-refractivity contribution < 1.29 is 18.8 Å². The van der Waals surface area contributed by atoms with Crippen LogP contribution in [0.1, 0.15) is 18.4 Å². The summed E-state index contributed by atoms with van der Waals surface area (Å²) >= 11 is 0. The lowest BCUT2D eigenvalue weighted by molar-refractivity contribution is -0.938. The molecule has 5 atom stereocenters.